The fourth-order valence-corrected chi connectivity index (χ4v) is 8.63. The van der Waals surface area contributed by atoms with Crippen LogP contribution in [0.2, 0.25) is 5.02 Å². The maximum Gasteiger partial charge on any atom is 0.508 e. The van der Waals surface area contributed by atoms with Crippen LogP contribution in [0, 0.1) is 5.82 Å². The first kappa shape index (κ1) is 29.9. The lowest BCUT2D eigenvalue weighted by atomic mass is 9.95. The van der Waals surface area contributed by atoms with Crippen LogP contribution in [0.4, 0.5) is 19.4 Å². The van der Waals surface area contributed by atoms with Gasteiger partial charge in [-0.2, -0.15) is 26.8 Å². The van der Waals surface area contributed by atoms with Crippen LogP contribution in [0.1, 0.15) is 31.2 Å². The minimum atomic E-state index is -0.917. The topological polar surface area (TPSA) is 119 Å². The van der Waals surface area contributed by atoms with E-state index >= 15 is 4.39 Å². The van der Waals surface area contributed by atoms with Crippen molar-refractivity contribution in [2.75, 3.05) is 55.8 Å². The number of thioether (sulfide) groups is 1. The van der Waals surface area contributed by atoms with Gasteiger partial charge < -0.3 is 19.1 Å². The van der Waals surface area contributed by atoms with Crippen molar-refractivity contribution in [3.63, 3.8) is 0 Å². The molecule has 3 fully saturated rings. The van der Waals surface area contributed by atoms with Crippen molar-refractivity contribution in [3.05, 3.63) is 34.9 Å². The summed E-state index contributed by atoms with van der Waals surface area (Å²) in [7, 11) is 0. The lowest BCUT2D eigenvalue weighted by Gasteiger charge is -2.31. The third-order valence-electron chi connectivity index (χ3n) is 9.50. The van der Waals surface area contributed by atoms with Gasteiger partial charge in [-0.15, -0.1) is 0 Å². The number of halogens is 3. The molecule has 8 heterocycles. The number of ether oxygens (including phenoxy) is 3. The molecule has 6 bridgehead atoms. The lowest BCUT2D eigenvalue weighted by molar-refractivity contribution is 0.0323. The van der Waals surface area contributed by atoms with E-state index in [1.165, 1.54) is 0 Å². The first-order valence-corrected chi connectivity index (χ1v) is 17.1. The van der Waals surface area contributed by atoms with E-state index < -0.39 is 29.8 Å². The van der Waals surface area contributed by atoms with E-state index in [2.05, 4.69) is 25.1 Å². The van der Waals surface area contributed by atoms with Crippen LogP contribution in [-0.4, -0.2) is 105 Å². The lowest BCUT2D eigenvalue weighted by Crippen LogP contribution is -2.43. The molecule has 11 nitrogen and oxygen atoms in total. The number of hydrogen-bond acceptors (Lipinski definition) is 11. The normalized spacial score (nSPS) is 25.5. The van der Waals surface area contributed by atoms with Crippen LogP contribution in [0.3, 0.4) is 0 Å². The summed E-state index contributed by atoms with van der Waals surface area (Å²) in [6, 6.07) is 1.74. The van der Waals surface area contributed by atoms with E-state index in [1.54, 1.807) is 30.2 Å². The summed E-state index contributed by atoms with van der Waals surface area (Å²) >= 11 is 8.41. The maximum absolute atomic E-state index is 17.0. The molecule has 3 aromatic heterocycles. The van der Waals surface area contributed by atoms with Crippen LogP contribution in [0.15, 0.2) is 18.5 Å². The van der Waals surface area contributed by atoms with Gasteiger partial charge in [0.25, 0.3) is 0 Å². The van der Waals surface area contributed by atoms with E-state index in [-0.39, 0.29) is 30.4 Å². The van der Waals surface area contributed by atoms with Gasteiger partial charge in [0.2, 0.25) is 0 Å². The first-order valence-electron chi connectivity index (χ1n) is 15.6. The van der Waals surface area contributed by atoms with Gasteiger partial charge in [-0.3, -0.25) is 15.0 Å². The molecule has 0 unspecified atom stereocenters. The van der Waals surface area contributed by atoms with Crippen molar-refractivity contribution in [3.8, 4) is 17.3 Å². The summed E-state index contributed by atoms with van der Waals surface area (Å²) in [5.41, 5.74) is 1.44. The van der Waals surface area contributed by atoms with Gasteiger partial charge in [0.05, 0.1) is 35.8 Å². The average molecular weight is 672 g/mol. The number of anilines is 1. The molecular formula is C31H32ClF2N7O4S. The van der Waals surface area contributed by atoms with Gasteiger partial charge in [0.1, 0.15) is 35.9 Å². The first-order chi connectivity index (χ1) is 22.4. The molecule has 0 amide bonds. The Labute approximate surface area is 272 Å². The minimum Gasteiger partial charge on any atom is -0.461 e. The highest BCUT2D eigenvalue weighted by molar-refractivity contribution is 7.99. The van der Waals surface area contributed by atoms with Crippen LogP contribution in [-0.2, 0) is 15.9 Å². The fourth-order valence-electron chi connectivity index (χ4n) is 7.38. The smallest absolute Gasteiger partial charge is 0.461 e. The summed E-state index contributed by atoms with van der Waals surface area (Å²) < 4.78 is 48.9. The second kappa shape index (κ2) is 11.9. The Bertz CT molecular complexity index is 1830. The molecule has 242 valence electrons. The van der Waals surface area contributed by atoms with Crippen molar-refractivity contribution in [2.45, 2.75) is 49.9 Å². The van der Waals surface area contributed by atoms with Crippen molar-refractivity contribution in [1.82, 2.24) is 30.0 Å². The number of pyridine rings is 1. The Balaban J connectivity index is 1.30. The summed E-state index contributed by atoms with van der Waals surface area (Å²) in [6.45, 7) is 2.37. The van der Waals surface area contributed by atoms with Gasteiger partial charge in [0, 0.05) is 53.2 Å². The molecule has 0 radical (unpaired) electrons. The predicted octanol–water partition coefficient (Wildman–Crippen LogP) is 5.34. The number of carbonyl (C=O) groups is 1. The van der Waals surface area contributed by atoms with Crippen LogP contribution < -0.4 is 9.64 Å². The molecule has 0 saturated carbocycles. The molecule has 1 N–H and O–H groups in total. The van der Waals surface area contributed by atoms with Crippen LogP contribution in [0.5, 0.6) is 6.01 Å². The second-order valence-corrected chi connectivity index (χ2v) is 13.9. The standard InChI is InChI=1S/C31H32ClF2N7O4S/c32-22-9-23-20(12-36-39-23)24-19(22)3-1-7-43-30(42)45-18-14-40(6-8-46-15-18)28-21-11-35-27(24)25(34)26(21)37-29(38-28)44-16-31-4-2-5-41(31)13-17(33)10-31/h9,11-12,17-18H,1-8,10,13-16H2,(H,36,39)/t17-,18+,31+/m1/s1. The van der Waals surface area contributed by atoms with Gasteiger partial charge in [0.15, 0.2) is 5.82 Å². The van der Waals surface area contributed by atoms with Crippen molar-refractivity contribution < 1.29 is 27.8 Å². The van der Waals surface area contributed by atoms with Crippen LogP contribution >= 0.6 is 23.4 Å². The van der Waals surface area contributed by atoms with Crippen molar-refractivity contribution in [2.24, 2.45) is 0 Å². The third-order valence-corrected chi connectivity index (χ3v) is 10.9. The molecule has 0 spiro atoms. The monoisotopic (exact) mass is 671 g/mol. The number of aromatic amines is 1. The van der Waals surface area contributed by atoms with Crippen molar-refractivity contribution in [1.29, 1.82) is 0 Å². The molecule has 3 atom stereocenters. The van der Waals surface area contributed by atoms with E-state index in [0.717, 1.165) is 25.1 Å². The Kier molecular flexibility index (Phi) is 7.76. The highest BCUT2D eigenvalue weighted by Gasteiger charge is 2.49. The number of hydrogen-bond donors (Lipinski definition) is 1. The van der Waals surface area contributed by atoms with E-state index in [0.29, 0.717) is 82.9 Å². The van der Waals surface area contributed by atoms with E-state index in [1.807, 2.05) is 4.90 Å². The number of nitrogens with one attached hydrogen (secondary N) is 1. The second-order valence-electron chi connectivity index (χ2n) is 12.4. The molecule has 1 aromatic carbocycles. The third kappa shape index (κ3) is 5.27. The molecule has 46 heavy (non-hydrogen) atoms. The molecule has 4 aromatic rings. The quantitative estimate of drug-likeness (QED) is 0.285. The summed E-state index contributed by atoms with van der Waals surface area (Å²) in [6.07, 6.45) is 4.01. The van der Waals surface area contributed by atoms with Gasteiger partial charge in [-0.05, 0) is 43.9 Å². The van der Waals surface area contributed by atoms with Gasteiger partial charge in [-0.25, -0.2) is 13.6 Å². The fraction of sp³-hybridized carbons (Fsp3) is 0.516. The van der Waals surface area contributed by atoms with Crippen LogP contribution in [0.25, 0.3) is 33.1 Å². The van der Waals surface area contributed by atoms with Gasteiger partial charge >= 0.3 is 12.2 Å². The predicted molar refractivity (Wildman–Crippen MR) is 170 cm³/mol. The number of aromatic nitrogens is 5. The summed E-state index contributed by atoms with van der Waals surface area (Å²) in [5.74, 6) is 1.08. The number of alkyl halides is 1. The number of rotatable bonds is 3. The maximum atomic E-state index is 17.0. The Morgan fingerprint density at radius 2 is 2.11 bits per heavy atom. The number of carbonyl (C=O) groups excluding carboxylic acids is 1. The highest BCUT2D eigenvalue weighted by atomic mass is 35.5. The average Bonchev–Trinajstić information content (AvgIpc) is 3.68. The molecule has 0 aliphatic carbocycles. The SMILES string of the molecule is O=C1OCCCc2c(Cl)cc3[nH]ncc3c2-c2ncc3c(nc(OC[C@@]45CCCN4C[C@H](F)C5)nc3c2F)N2CCSC[C@H](C2)O1. The molecule has 5 aliphatic heterocycles. The number of H-pyrrole nitrogens is 1. The zero-order chi connectivity index (χ0) is 31.4. The molecular weight excluding hydrogens is 640 g/mol. The Morgan fingerprint density at radius 1 is 1.20 bits per heavy atom. The zero-order valence-electron chi connectivity index (χ0n) is 24.9. The number of fused-ring (bicyclic) bond motifs is 8. The van der Waals surface area contributed by atoms with Crippen molar-refractivity contribution >= 4 is 57.1 Å². The highest BCUT2D eigenvalue weighted by Crippen LogP contribution is 2.42. The molecule has 15 heteroatoms. The number of nitrogens with zero attached hydrogens (tertiary/aromatic N) is 6. The zero-order valence-corrected chi connectivity index (χ0v) is 26.5. The Morgan fingerprint density at radius 3 is 3.02 bits per heavy atom. The number of benzene rings is 1. The van der Waals surface area contributed by atoms with E-state index in [9.17, 15) is 9.18 Å². The molecule has 5 aliphatic rings. The Hall–Kier alpha value is -3.49. The summed E-state index contributed by atoms with van der Waals surface area (Å²) in [5, 5.41) is 8.54. The largest absolute Gasteiger partial charge is 0.508 e. The minimum absolute atomic E-state index is 0.00301. The van der Waals surface area contributed by atoms with Gasteiger partial charge in [-0.1, -0.05) is 11.6 Å². The van der Waals surface area contributed by atoms with E-state index in [4.69, 9.17) is 30.8 Å². The molecule has 9 rings (SSSR count). The molecule has 3 saturated heterocycles. The summed E-state index contributed by atoms with van der Waals surface area (Å²) in [4.78, 5) is 30.9.